The molecule has 0 aliphatic rings. The first kappa shape index (κ1) is 31.1. The van der Waals surface area contributed by atoms with Gasteiger partial charge in [0.05, 0.1) is 22.8 Å². The summed E-state index contributed by atoms with van der Waals surface area (Å²) >= 11 is 0. The van der Waals surface area contributed by atoms with Crippen LogP contribution in [0.2, 0.25) is 0 Å². The monoisotopic (exact) mass is 508 g/mol. The van der Waals surface area contributed by atoms with Gasteiger partial charge in [0.15, 0.2) is 0 Å². The van der Waals surface area contributed by atoms with Crippen LogP contribution < -0.4 is 0 Å². The number of unbranched alkanes of at least 4 members (excludes halogenated alkanes) is 4. The Bertz CT molecular complexity index is 1000. The van der Waals surface area contributed by atoms with E-state index in [1.807, 2.05) is 0 Å². The molecule has 0 saturated heterocycles. The van der Waals surface area contributed by atoms with Crippen molar-refractivity contribution in [1.29, 1.82) is 0 Å². The Balaban J connectivity index is 2.20. The second-order valence-electron chi connectivity index (χ2n) is 9.86. The van der Waals surface area contributed by atoms with Gasteiger partial charge in [-0.1, -0.05) is 64.8 Å². The average Bonchev–Trinajstić information content (AvgIpc) is 2.94. The minimum atomic E-state index is 0.920. The molecule has 2 nitrogen and oxygen atoms in total. The molecule has 0 saturated carbocycles. The molecule has 0 aliphatic carbocycles. The molecule has 0 amide bonds. The van der Waals surface area contributed by atoms with Gasteiger partial charge >= 0.3 is 0 Å². The predicted molar refractivity (Wildman–Crippen MR) is 168 cm³/mol. The molecular weight excluding hydrogens is 460 g/mol. The topological polar surface area (TPSA) is 24.7 Å². The van der Waals surface area contributed by atoms with Gasteiger partial charge in [-0.3, -0.25) is 9.98 Å². The lowest BCUT2D eigenvalue weighted by Crippen LogP contribution is -2.14. The van der Waals surface area contributed by atoms with E-state index >= 15 is 0 Å². The van der Waals surface area contributed by atoms with Crippen molar-refractivity contribution in [2.24, 2.45) is 9.98 Å². The second kappa shape index (κ2) is 19.9. The molecule has 2 heteroatoms. The third-order valence-corrected chi connectivity index (χ3v) is 6.35. The van der Waals surface area contributed by atoms with Crippen LogP contribution in [-0.4, -0.2) is 11.4 Å². The first-order valence-electron chi connectivity index (χ1n) is 14.9. The average molecular weight is 509 g/mol. The van der Waals surface area contributed by atoms with Crippen LogP contribution in [0.25, 0.3) is 0 Å². The van der Waals surface area contributed by atoms with E-state index in [9.17, 15) is 0 Å². The Morgan fingerprint density at radius 3 is 1.21 bits per heavy atom. The Hall–Kier alpha value is -3.10. The van der Waals surface area contributed by atoms with E-state index in [1.54, 1.807) is 0 Å². The van der Waals surface area contributed by atoms with Gasteiger partial charge in [-0.25, -0.2) is 0 Å². The number of hydrogen-bond donors (Lipinski definition) is 0. The van der Waals surface area contributed by atoms with Crippen molar-refractivity contribution < 1.29 is 0 Å². The highest BCUT2D eigenvalue weighted by molar-refractivity contribution is 6.43. The first-order valence-corrected chi connectivity index (χ1v) is 14.9. The maximum Gasteiger partial charge on any atom is 0.0633 e. The Kier molecular flexibility index (Phi) is 16.3. The van der Waals surface area contributed by atoms with Crippen molar-refractivity contribution in [3.63, 3.8) is 0 Å². The summed E-state index contributed by atoms with van der Waals surface area (Å²) in [7, 11) is 0. The lowest BCUT2D eigenvalue weighted by Gasteiger charge is -2.11. The van der Waals surface area contributed by atoms with Crippen molar-refractivity contribution in [2.45, 2.75) is 118 Å². The normalized spacial score (nSPS) is 11.5. The van der Waals surface area contributed by atoms with Gasteiger partial charge in [-0.2, -0.15) is 0 Å². The van der Waals surface area contributed by atoms with Crippen molar-refractivity contribution in [3.05, 3.63) is 59.7 Å². The zero-order valence-corrected chi connectivity index (χ0v) is 24.4. The van der Waals surface area contributed by atoms with Crippen molar-refractivity contribution >= 4 is 22.8 Å². The minimum Gasteiger partial charge on any atom is -0.252 e. The van der Waals surface area contributed by atoms with Crippen LogP contribution in [-0.2, 0) is 12.8 Å². The van der Waals surface area contributed by atoms with Crippen molar-refractivity contribution in [2.75, 3.05) is 0 Å². The number of aliphatic imine (C=N–C) groups is 2. The summed E-state index contributed by atoms with van der Waals surface area (Å²) in [6, 6.07) is 17.4. The predicted octanol–water partition coefficient (Wildman–Crippen LogP) is 10.4. The molecule has 0 N–H and O–H groups in total. The molecular formula is C36H48N2. The van der Waals surface area contributed by atoms with Crippen LogP contribution in [0, 0.1) is 23.7 Å². The molecule has 0 aliphatic heterocycles. The maximum atomic E-state index is 5.13. The zero-order valence-electron chi connectivity index (χ0n) is 24.4. The van der Waals surface area contributed by atoms with E-state index < -0.39 is 0 Å². The molecule has 0 fully saturated rings. The fourth-order valence-electron chi connectivity index (χ4n) is 4.02. The highest BCUT2D eigenvalue weighted by atomic mass is 14.8. The maximum absolute atomic E-state index is 5.13. The summed E-state index contributed by atoms with van der Waals surface area (Å²) in [6.07, 6.45) is 14.5. The number of rotatable bonds is 15. The fraction of sp³-hybridized carbons (Fsp3) is 0.500. The fourth-order valence-corrected chi connectivity index (χ4v) is 4.02. The molecule has 202 valence electrons. The molecule has 0 atom stereocenters. The smallest absolute Gasteiger partial charge is 0.0633 e. The third kappa shape index (κ3) is 12.9. The molecule has 2 rings (SSSR count). The summed E-state index contributed by atoms with van der Waals surface area (Å²) in [5.41, 5.74) is 6.94. The van der Waals surface area contributed by atoms with E-state index in [2.05, 4.69) is 99.9 Å². The van der Waals surface area contributed by atoms with Crippen LogP contribution in [0.15, 0.2) is 58.5 Å². The standard InChI is InChI=1S/C36H48N2/c1-5-9-13-15-17-19-31-23-27-33(28-24-31)37-35(21-11-7-3)36(22-12-8-4)38-34-29-25-32(26-30-34)20-18-16-14-10-6-2/h23-30H,5-12,17-22H2,1-4H3. The van der Waals surface area contributed by atoms with E-state index in [4.69, 9.17) is 9.98 Å². The molecule has 38 heavy (non-hydrogen) atoms. The van der Waals surface area contributed by atoms with Gasteiger partial charge < -0.3 is 0 Å². The lowest BCUT2D eigenvalue weighted by atomic mass is 10.0. The highest BCUT2D eigenvalue weighted by Crippen LogP contribution is 2.21. The Morgan fingerprint density at radius 1 is 0.500 bits per heavy atom. The quantitative estimate of drug-likeness (QED) is 0.169. The first-order chi connectivity index (χ1) is 18.7. The van der Waals surface area contributed by atoms with Gasteiger partial charge in [0.2, 0.25) is 0 Å². The van der Waals surface area contributed by atoms with Gasteiger partial charge in [0, 0.05) is 25.7 Å². The molecule has 0 heterocycles. The lowest BCUT2D eigenvalue weighted by molar-refractivity contribution is 0.824. The molecule has 0 radical (unpaired) electrons. The summed E-state index contributed by atoms with van der Waals surface area (Å²) in [5.74, 6) is 13.0. The summed E-state index contributed by atoms with van der Waals surface area (Å²) < 4.78 is 0. The summed E-state index contributed by atoms with van der Waals surface area (Å²) in [5, 5.41) is 0. The van der Waals surface area contributed by atoms with Crippen LogP contribution in [0.4, 0.5) is 11.4 Å². The summed E-state index contributed by atoms with van der Waals surface area (Å²) in [4.78, 5) is 10.3. The second-order valence-corrected chi connectivity index (χ2v) is 9.86. The van der Waals surface area contributed by atoms with E-state index in [-0.39, 0.29) is 0 Å². The van der Waals surface area contributed by atoms with Crippen molar-refractivity contribution in [1.82, 2.24) is 0 Å². The molecule has 2 aromatic rings. The van der Waals surface area contributed by atoms with Gasteiger partial charge in [0.1, 0.15) is 0 Å². The summed E-state index contributed by atoms with van der Waals surface area (Å²) in [6.45, 7) is 8.82. The molecule has 0 aromatic heterocycles. The van der Waals surface area contributed by atoms with E-state index in [0.29, 0.717) is 0 Å². The Morgan fingerprint density at radius 2 is 0.868 bits per heavy atom. The van der Waals surface area contributed by atoms with Gasteiger partial charge in [0.25, 0.3) is 0 Å². The SMILES string of the molecule is CCCC#CCCc1ccc(N=C(CCCC)C(CCCC)=Nc2ccc(CCC#CCCC)cc2)cc1. The molecule has 0 bridgehead atoms. The third-order valence-electron chi connectivity index (χ3n) is 6.35. The largest absolute Gasteiger partial charge is 0.252 e. The van der Waals surface area contributed by atoms with Gasteiger partial charge in [-0.05, 0) is 86.8 Å². The van der Waals surface area contributed by atoms with E-state index in [1.165, 1.54) is 11.1 Å². The molecule has 0 unspecified atom stereocenters. The number of aryl methyl sites for hydroxylation is 2. The van der Waals surface area contributed by atoms with Crippen molar-refractivity contribution in [3.8, 4) is 23.7 Å². The molecule has 2 aromatic carbocycles. The van der Waals surface area contributed by atoms with Crippen LogP contribution in [0.3, 0.4) is 0 Å². The number of nitrogens with zero attached hydrogens (tertiary/aromatic N) is 2. The number of benzene rings is 2. The van der Waals surface area contributed by atoms with E-state index in [0.717, 1.165) is 113 Å². The van der Waals surface area contributed by atoms with Crippen LogP contribution in [0.1, 0.15) is 116 Å². The zero-order chi connectivity index (χ0) is 27.3. The number of hydrogen-bond acceptors (Lipinski definition) is 2. The van der Waals surface area contributed by atoms with Gasteiger partial charge in [-0.15, -0.1) is 23.7 Å². The highest BCUT2D eigenvalue weighted by Gasteiger charge is 2.10. The van der Waals surface area contributed by atoms with Crippen LogP contribution >= 0.6 is 0 Å². The molecule has 0 spiro atoms. The minimum absolute atomic E-state index is 0.920. The van der Waals surface area contributed by atoms with Crippen LogP contribution in [0.5, 0.6) is 0 Å². The Labute approximate surface area is 233 Å².